The topological polar surface area (TPSA) is 49.4 Å². The molecule has 33 heavy (non-hydrogen) atoms. The second-order valence-corrected chi connectivity index (χ2v) is 9.70. The Bertz CT molecular complexity index is 1240. The number of hydrogen-bond acceptors (Lipinski definition) is 3. The highest BCUT2D eigenvalue weighted by molar-refractivity contribution is 7.92. The van der Waals surface area contributed by atoms with E-state index in [0.717, 1.165) is 17.2 Å². The van der Waals surface area contributed by atoms with Gasteiger partial charge in [0.15, 0.2) is 0 Å². The van der Waals surface area contributed by atoms with Crippen LogP contribution in [0.25, 0.3) is 0 Å². The Kier molecular flexibility index (Phi) is 6.45. The molecule has 0 unspecified atom stereocenters. The summed E-state index contributed by atoms with van der Waals surface area (Å²) in [7, 11) is -3.81. The Hall–Kier alpha value is -2.91. The van der Waals surface area contributed by atoms with Crippen LogP contribution in [-0.2, 0) is 35.6 Å². The van der Waals surface area contributed by atoms with Crippen LogP contribution in [0.4, 0.5) is 23.2 Å². The molecule has 3 aromatic rings. The minimum atomic E-state index is -4.36. The lowest BCUT2D eigenvalue weighted by Gasteiger charge is -2.29. The Morgan fingerprint density at radius 3 is 2.42 bits per heavy atom. The van der Waals surface area contributed by atoms with Crippen molar-refractivity contribution < 1.29 is 26.0 Å². The van der Waals surface area contributed by atoms with Gasteiger partial charge >= 0.3 is 6.18 Å². The van der Waals surface area contributed by atoms with Gasteiger partial charge in [-0.25, -0.2) is 12.8 Å². The first-order chi connectivity index (χ1) is 15.6. The number of benzene rings is 3. The second-order valence-electron chi connectivity index (χ2n) is 8.02. The summed E-state index contributed by atoms with van der Waals surface area (Å²) in [4.78, 5) is 2.27. The van der Waals surface area contributed by atoms with Crippen molar-refractivity contribution in [3.8, 4) is 0 Å². The number of alkyl halides is 3. The zero-order valence-corrected chi connectivity index (χ0v) is 18.4. The number of nitrogens with one attached hydrogen (secondary N) is 1. The second kappa shape index (κ2) is 9.15. The first-order valence-corrected chi connectivity index (χ1v) is 11.9. The van der Waals surface area contributed by atoms with Crippen molar-refractivity contribution in [2.24, 2.45) is 0 Å². The van der Waals surface area contributed by atoms with Gasteiger partial charge < -0.3 is 0 Å². The molecule has 0 atom stereocenters. The van der Waals surface area contributed by atoms with Crippen LogP contribution >= 0.6 is 0 Å². The third kappa shape index (κ3) is 5.72. The molecule has 174 valence electrons. The molecule has 0 aliphatic carbocycles. The molecule has 1 aliphatic rings. The summed E-state index contributed by atoms with van der Waals surface area (Å²) in [5.74, 6) is -0.454. The van der Waals surface area contributed by atoms with Gasteiger partial charge in [-0.15, -0.1) is 0 Å². The van der Waals surface area contributed by atoms with Crippen LogP contribution in [0, 0.1) is 5.82 Å². The normalized spacial score (nSPS) is 14.7. The molecule has 1 heterocycles. The average molecular weight is 479 g/mol. The molecule has 3 aromatic carbocycles. The number of hydrogen-bond donors (Lipinski definition) is 1. The van der Waals surface area contributed by atoms with Gasteiger partial charge in [-0.3, -0.25) is 9.62 Å². The molecule has 0 bridgehead atoms. The summed E-state index contributed by atoms with van der Waals surface area (Å²) in [5, 5.41) is 0. The van der Waals surface area contributed by atoms with Crippen LogP contribution in [0.5, 0.6) is 0 Å². The molecule has 9 heteroatoms. The third-order valence-corrected chi connectivity index (χ3v) is 7.03. The fraction of sp³-hybridized carbons (Fsp3) is 0.250. The lowest BCUT2D eigenvalue weighted by Crippen LogP contribution is -2.32. The maximum absolute atomic E-state index is 13.1. The summed E-state index contributed by atoms with van der Waals surface area (Å²) >= 11 is 0. The van der Waals surface area contributed by atoms with Gasteiger partial charge in [0.1, 0.15) is 5.82 Å². The molecule has 4 rings (SSSR count). The van der Waals surface area contributed by atoms with Gasteiger partial charge in [-0.05, 0) is 72.0 Å². The summed E-state index contributed by atoms with van der Waals surface area (Å²) in [6, 6.07) is 15.4. The molecule has 0 aromatic heterocycles. The molecule has 4 nitrogen and oxygen atoms in total. The summed E-state index contributed by atoms with van der Waals surface area (Å²) < 4.78 is 79.6. The van der Waals surface area contributed by atoms with E-state index in [9.17, 15) is 26.0 Å². The van der Waals surface area contributed by atoms with Crippen LogP contribution in [0.1, 0.15) is 22.3 Å². The average Bonchev–Trinajstić information content (AvgIpc) is 2.78. The standard InChI is InChI=1S/C24H22F4N2O2S/c25-21-5-7-22(8-6-21)29-33(31,32)23-9-4-19-16-30(13-11-18(19)15-23)12-10-17-2-1-3-20(14-17)24(26,27)28/h1-9,14-15,29H,10-13,16H2. The number of fused-ring (bicyclic) bond motifs is 1. The van der Waals surface area contributed by atoms with Gasteiger partial charge in [-0.1, -0.05) is 24.3 Å². The van der Waals surface area contributed by atoms with E-state index >= 15 is 0 Å². The fourth-order valence-electron chi connectivity index (χ4n) is 3.87. The van der Waals surface area contributed by atoms with E-state index in [4.69, 9.17) is 0 Å². The van der Waals surface area contributed by atoms with Crippen molar-refractivity contribution in [3.63, 3.8) is 0 Å². The zero-order valence-electron chi connectivity index (χ0n) is 17.6. The van der Waals surface area contributed by atoms with Gasteiger partial charge in [-0.2, -0.15) is 13.2 Å². The van der Waals surface area contributed by atoms with Gasteiger partial charge in [0.05, 0.1) is 10.5 Å². The summed E-state index contributed by atoms with van der Waals surface area (Å²) in [5.41, 5.74) is 2.17. The van der Waals surface area contributed by atoms with Crippen molar-refractivity contribution in [1.29, 1.82) is 0 Å². The van der Waals surface area contributed by atoms with E-state index in [1.807, 2.05) is 0 Å². The van der Waals surface area contributed by atoms with Crippen LogP contribution < -0.4 is 4.72 Å². The minimum Gasteiger partial charge on any atom is -0.298 e. The number of rotatable bonds is 6. The number of sulfonamides is 1. The molecule has 0 amide bonds. The molecule has 0 spiro atoms. The highest BCUT2D eigenvalue weighted by Crippen LogP contribution is 2.30. The molecular formula is C24H22F4N2O2S. The van der Waals surface area contributed by atoms with Gasteiger partial charge in [0.2, 0.25) is 0 Å². The smallest absolute Gasteiger partial charge is 0.298 e. The first kappa shape index (κ1) is 23.3. The largest absolute Gasteiger partial charge is 0.416 e. The first-order valence-electron chi connectivity index (χ1n) is 10.4. The van der Waals surface area contributed by atoms with E-state index in [1.165, 1.54) is 42.5 Å². The Morgan fingerprint density at radius 1 is 0.939 bits per heavy atom. The van der Waals surface area contributed by atoms with Gasteiger partial charge in [0.25, 0.3) is 10.0 Å². The van der Waals surface area contributed by atoms with Crippen LogP contribution in [0.2, 0.25) is 0 Å². The quantitative estimate of drug-likeness (QED) is 0.493. The van der Waals surface area contributed by atoms with E-state index in [0.29, 0.717) is 38.0 Å². The van der Waals surface area contributed by atoms with Crippen molar-refractivity contribution >= 4 is 15.7 Å². The van der Waals surface area contributed by atoms with Crippen LogP contribution in [0.3, 0.4) is 0 Å². The molecule has 0 saturated carbocycles. The molecule has 0 saturated heterocycles. The van der Waals surface area contributed by atoms with E-state index in [1.54, 1.807) is 18.2 Å². The molecule has 0 fully saturated rings. The van der Waals surface area contributed by atoms with E-state index < -0.39 is 27.6 Å². The Balaban J connectivity index is 1.41. The SMILES string of the molecule is O=S(=O)(Nc1ccc(F)cc1)c1ccc2c(c1)CCN(CCc1cccc(C(F)(F)F)c1)C2. The maximum Gasteiger partial charge on any atom is 0.416 e. The van der Waals surface area contributed by atoms with Crippen LogP contribution in [0.15, 0.2) is 71.6 Å². The monoisotopic (exact) mass is 478 g/mol. The molecule has 1 aliphatic heterocycles. The molecular weight excluding hydrogens is 456 g/mol. The Labute approximate surface area is 189 Å². The lowest BCUT2D eigenvalue weighted by atomic mass is 9.99. The molecule has 1 N–H and O–H groups in total. The summed E-state index contributed by atoms with van der Waals surface area (Å²) in [6.07, 6.45) is -3.23. The van der Waals surface area contributed by atoms with Crippen molar-refractivity contribution in [2.45, 2.75) is 30.5 Å². The lowest BCUT2D eigenvalue weighted by molar-refractivity contribution is -0.137. The minimum absolute atomic E-state index is 0.128. The van der Waals surface area contributed by atoms with Gasteiger partial charge in [0, 0.05) is 25.3 Å². The Morgan fingerprint density at radius 2 is 1.70 bits per heavy atom. The predicted octanol–water partition coefficient (Wildman–Crippen LogP) is 5.25. The number of nitrogens with zero attached hydrogens (tertiary/aromatic N) is 1. The molecule has 0 radical (unpaired) electrons. The van der Waals surface area contributed by atoms with E-state index in [-0.39, 0.29) is 10.6 Å². The van der Waals surface area contributed by atoms with Crippen LogP contribution in [-0.4, -0.2) is 26.4 Å². The third-order valence-electron chi connectivity index (χ3n) is 5.65. The highest BCUT2D eigenvalue weighted by atomic mass is 32.2. The number of halogens is 4. The predicted molar refractivity (Wildman–Crippen MR) is 118 cm³/mol. The highest BCUT2D eigenvalue weighted by Gasteiger charge is 2.30. The van der Waals surface area contributed by atoms with Crippen molar-refractivity contribution in [1.82, 2.24) is 4.90 Å². The zero-order chi connectivity index (χ0) is 23.6. The van der Waals surface area contributed by atoms with Crippen molar-refractivity contribution in [2.75, 3.05) is 17.8 Å². The number of anilines is 1. The maximum atomic E-state index is 13.1. The summed E-state index contributed by atoms with van der Waals surface area (Å²) in [6.45, 7) is 1.88. The van der Waals surface area contributed by atoms with Crippen molar-refractivity contribution in [3.05, 3.63) is 94.8 Å². The van der Waals surface area contributed by atoms with E-state index in [2.05, 4.69) is 9.62 Å². The fourth-order valence-corrected chi connectivity index (χ4v) is 4.98.